The predicted octanol–water partition coefficient (Wildman–Crippen LogP) is 4.73. The van der Waals surface area contributed by atoms with E-state index in [9.17, 15) is 27.6 Å². The van der Waals surface area contributed by atoms with Crippen LogP contribution in [0.5, 0.6) is 0 Å². The van der Waals surface area contributed by atoms with Crippen molar-refractivity contribution >= 4 is 23.5 Å². The first-order chi connectivity index (χ1) is 19.8. The molecule has 1 aromatic carbocycles. The Balaban J connectivity index is 1.67. The van der Waals surface area contributed by atoms with Crippen LogP contribution in [0.2, 0.25) is 0 Å². The largest absolute Gasteiger partial charge is 0.416 e. The van der Waals surface area contributed by atoms with Crippen LogP contribution in [-0.2, 0) is 15.7 Å². The molecule has 2 aliphatic rings. The van der Waals surface area contributed by atoms with E-state index in [0.29, 0.717) is 50.4 Å². The summed E-state index contributed by atoms with van der Waals surface area (Å²) in [5.74, 6) is -0.455. The molecule has 3 atom stereocenters. The number of hydrogen-bond acceptors (Lipinski definition) is 5. The summed E-state index contributed by atoms with van der Waals surface area (Å²) in [6.45, 7) is 9.63. The van der Waals surface area contributed by atoms with Gasteiger partial charge in [0.15, 0.2) is 0 Å². The van der Waals surface area contributed by atoms with Gasteiger partial charge in [0.05, 0.1) is 36.6 Å². The number of ether oxygens (including phenoxy) is 1. The number of carbonyl (C=O) groups excluding carboxylic acids is 3. The van der Waals surface area contributed by atoms with Gasteiger partial charge in [-0.15, -0.1) is 0 Å². The molecule has 1 aromatic rings. The van der Waals surface area contributed by atoms with Crippen molar-refractivity contribution in [2.75, 3.05) is 45.2 Å². The van der Waals surface area contributed by atoms with E-state index in [0.717, 1.165) is 44.2 Å². The minimum atomic E-state index is -4.69. The second kappa shape index (κ2) is 15.0. The van der Waals surface area contributed by atoms with Crippen molar-refractivity contribution in [3.05, 3.63) is 29.3 Å². The lowest BCUT2D eigenvalue weighted by Gasteiger charge is -2.42. The summed E-state index contributed by atoms with van der Waals surface area (Å²) < 4.78 is 45.6. The first-order valence-electron chi connectivity index (χ1n) is 14.9. The summed E-state index contributed by atoms with van der Waals surface area (Å²) in [4.78, 5) is 42.5. The van der Waals surface area contributed by atoms with Crippen molar-refractivity contribution in [1.82, 2.24) is 20.4 Å². The second-order valence-corrected chi connectivity index (χ2v) is 12.1. The normalized spacial score (nSPS) is 21.5. The van der Waals surface area contributed by atoms with Crippen molar-refractivity contribution < 1.29 is 32.3 Å². The molecule has 0 unspecified atom stereocenters. The number of amides is 4. The fraction of sp³-hybridized carbons (Fsp3) is 0.700. The second-order valence-electron chi connectivity index (χ2n) is 12.1. The van der Waals surface area contributed by atoms with Crippen molar-refractivity contribution in [3.8, 4) is 0 Å². The number of anilines is 1. The number of benzene rings is 1. The van der Waals surface area contributed by atoms with Crippen LogP contribution in [0.15, 0.2) is 18.2 Å². The quantitative estimate of drug-likeness (QED) is 0.362. The van der Waals surface area contributed by atoms with E-state index in [-0.39, 0.29) is 23.2 Å². The van der Waals surface area contributed by atoms with Crippen LogP contribution in [0.4, 0.5) is 23.7 Å². The molecule has 1 heterocycles. The summed E-state index contributed by atoms with van der Waals surface area (Å²) in [6.07, 6.45) is 0.0616. The number of urea groups is 1. The first kappa shape index (κ1) is 33.6. The molecule has 1 aliphatic heterocycles. The number of morpholine rings is 1. The van der Waals surface area contributed by atoms with Gasteiger partial charge >= 0.3 is 12.2 Å². The summed E-state index contributed by atoms with van der Waals surface area (Å²) in [5, 5.41) is 8.07. The molecule has 0 radical (unpaired) electrons. The van der Waals surface area contributed by atoms with Gasteiger partial charge in [0, 0.05) is 31.2 Å². The van der Waals surface area contributed by atoms with Gasteiger partial charge in [-0.2, -0.15) is 13.2 Å². The molecule has 4 amide bonds. The van der Waals surface area contributed by atoms with E-state index < -0.39 is 36.1 Å². The number of nitrogens with zero attached hydrogens (tertiary/aromatic N) is 2. The third-order valence-corrected chi connectivity index (χ3v) is 8.35. The monoisotopic (exact) mass is 597 g/mol. The number of halogens is 3. The molecule has 12 heteroatoms. The van der Waals surface area contributed by atoms with E-state index in [1.54, 1.807) is 0 Å². The maximum atomic E-state index is 13.5. The highest BCUT2D eigenvalue weighted by atomic mass is 19.4. The lowest BCUT2D eigenvalue weighted by molar-refractivity contribution is -0.137. The molecule has 42 heavy (non-hydrogen) atoms. The number of nitrogens with one attached hydrogen (secondary N) is 3. The molecule has 0 bridgehead atoms. The highest BCUT2D eigenvalue weighted by molar-refractivity contribution is 6.04. The Kier molecular flexibility index (Phi) is 12.0. The summed E-state index contributed by atoms with van der Waals surface area (Å²) >= 11 is 0. The van der Waals surface area contributed by atoms with E-state index in [2.05, 4.69) is 55.6 Å². The highest BCUT2D eigenvalue weighted by Crippen LogP contribution is 2.33. The van der Waals surface area contributed by atoms with Crippen molar-refractivity contribution in [1.29, 1.82) is 0 Å². The lowest BCUT2D eigenvalue weighted by Crippen LogP contribution is -2.51. The van der Waals surface area contributed by atoms with Crippen molar-refractivity contribution in [2.24, 2.45) is 11.8 Å². The first-order valence-corrected chi connectivity index (χ1v) is 14.9. The molecule has 0 spiro atoms. The average Bonchev–Trinajstić information content (AvgIpc) is 2.94. The molecule has 1 saturated heterocycles. The summed E-state index contributed by atoms with van der Waals surface area (Å²) in [7, 11) is 2.13. The van der Waals surface area contributed by atoms with Gasteiger partial charge < -0.3 is 30.5 Å². The molecule has 1 saturated carbocycles. The molecular weight excluding hydrogens is 551 g/mol. The van der Waals surface area contributed by atoms with Crippen LogP contribution in [0.25, 0.3) is 0 Å². The molecule has 3 N–H and O–H groups in total. The highest BCUT2D eigenvalue weighted by Gasteiger charge is 2.34. The Hall–Kier alpha value is -2.86. The molecule has 236 valence electrons. The fourth-order valence-electron chi connectivity index (χ4n) is 5.58. The Labute approximate surface area is 246 Å². The van der Waals surface area contributed by atoms with Gasteiger partial charge in [-0.1, -0.05) is 20.3 Å². The minimum absolute atomic E-state index is 0.0399. The zero-order chi connectivity index (χ0) is 31.0. The van der Waals surface area contributed by atoms with E-state index in [1.165, 1.54) is 4.90 Å². The van der Waals surface area contributed by atoms with Crippen LogP contribution in [0.1, 0.15) is 75.7 Å². The van der Waals surface area contributed by atoms with Crippen LogP contribution in [-0.4, -0.2) is 85.7 Å². The van der Waals surface area contributed by atoms with Gasteiger partial charge in [-0.3, -0.25) is 9.59 Å². The zero-order valence-corrected chi connectivity index (χ0v) is 25.4. The van der Waals surface area contributed by atoms with Gasteiger partial charge in [-0.25, -0.2) is 4.79 Å². The van der Waals surface area contributed by atoms with E-state index in [1.807, 2.05) is 0 Å². The maximum Gasteiger partial charge on any atom is 0.416 e. The standard InChI is InChI=1S/C30H46F3N5O4/c1-19(2)6-7-21-16-23(37(5)20(3)4)9-11-25(21)35-27(39)18-34-28(40)24-17-22(30(31,32)33)8-10-26(24)36-29(41)38-12-14-42-15-13-38/h8,10,17,19-21,23,25H,6-7,9,11-16,18H2,1-5H3,(H,34,40)(H,35,39)(H,36,41)/t21-,23-,25+/m1/s1. The van der Waals surface area contributed by atoms with Crippen LogP contribution in [0.3, 0.4) is 0 Å². The molecule has 9 nitrogen and oxygen atoms in total. The number of alkyl halides is 3. The van der Waals surface area contributed by atoms with Gasteiger partial charge in [0.2, 0.25) is 5.91 Å². The lowest BCUT2D eigenvalue weighted by atomic mass is 9.77. The number of carbonyl (C=O) groups is 3. The Morgan fingerprint density at radius 1 is 1.10 bits per heavy atom. The van der Waals surface area contributed by atoms with Gasteiger partial charge in [0.25, 0.3) is 5.91 Å². The van der Waals surface area contributed by atoms with Crippen LogP contribution >= 0.6 is 0 Å². The fourth-order valence-corrected chi connectivity index (χ4v) is 5.58. The summed E-state index contributed by atoms with van der Waals surface area (Å²) in [6, 6.07) is 2.82. The number of rotatable bonds is 10. The Bertz CT molecular complexity index is 1080. The summed E-state index contributed by atoms with van der Waals surface area (Å²) in [5.41, 5.74) is -1.47. The molecular formula is C30H46F3N5O4. The van der Waals surface area contributed by atoms with Gasteiger partial charge in [-0.05, 0) is 76.6 Å². The van der Waals surface area contributed by atoms with E-state index >= 15 is 0 Å². The smallest absolute Gasteiger partial charge is 0.378 e. The Morgan fingerprint density at radius 3 is 2.40 bits per heavy atom. The molecule has 2 fully saturated rings. The van der Waals surface area contributed by atoms with Gasteiger partial charge in [0.1, 0.15) is 0 Å². The topological polar surface area (TPSA) is 103 Å². The Morgan fingerprint density at radius 2 is 1.79 bits per heavy atom. The third kappa shape index (κ3) is 9.58. The minimum Gasteiger partial charge on any atom is -0.378 e. The maximum absolute atomic E-state index is 13.5. The number of hydrogen-bond donors (Lipinski definition) is 3. The van der Waals surface area contributed by atoms with Crippen molar-refractivity contribution in [3.63, 3.8) is 0 Å². The SMILES string of the molecule is CC(C)CC[C@@H]1C[C@H](N(C)C(C)C)CC[C@@H]1NC(=O)CNC(=O)c1cc(C(F)(F)F)ccc1NC(=O)N1CCOCC1. The van der Waals surface area contributed by atoms with E-state index in [4.69, 9.17) is 4.74 Å². The average molecular weight is 598 g/mol. The van der Waals surface area contributed by atoms with Crippen LogP contribution in [0, 0.1) is 11.8 Å². The molecule has 3 rings (SSSR count). The molecule has 0 aromatic heterocycles. The third-order valence-electron chi connectivity index (χ3n) is 8.35. The predicted molar refractivity (Wildman–Crippen MR) is 155 cm³/mol. The van der Waals surface area contributed by atoms with Crippen LogP contribution < -0.4 is 16.0 Å². The zero-order valence-electron chi connectivity index (χ0n) is 25.4. The van der Waals surface area contributed by atoms with Crippen molar-refractivity contribution in [2.45, 2.75) is 84.1 Å². The molecule has 1 aliphatic carbocycles.